The number of nitrogens with zero attached hydrogens (tertiary/aromatic N) is 2. The first kappa shape index (κ1) is 17.2. The molecule has 0 spiro atoms. The lowest BCUT2D eigenvalue weighted by Crippen LogP contribution is -2.32. The minimum absolute atomic E-state index is 0.0139. The van der Waals surface area contributed by atoms with E-state index in [9.17, 15) is 10.1 Å². The summed E-state index contributed by atoms with van der Waals surface area (Å²) in [5, 5.41) is 11.3. The third-order valence-corrected chi connectivity index (χ3v) is 3.53. The molecule has 0 fully saturated rings. The number of rotatable bonds is 8. The van der Waals surface area contributed by atoms with Gasteiger partial charge in [-0.1, -0.05) is 19.9 Å². The van der Waals surface area contributed by atoms with E-state index in [0.717, 1.165) is 6.42 Å². The smallest absolute Gasteiger partial charge is 0.333 e. The lowest BCUT2D eigenvalue weighted by Gasteiger charge is -2.23. The number of nitro groups is 1. The highest BCUT2D eigenvalue weighted by Gasteiger charge is 2.23. The molecule has 6 nitrogen and oxygen atoms in total. The zero-order chi connectivity index (χ0) is 16.0. The van der Waals surface area contributed by atoms with E-state index in [1.165, 1.54) is 0 Å². The lowest BCUT2D eigenvalue weighted by molar-refractivity contribution is -0.385. The Morgan fingerprint density at radius 3 is 2.62 bits per heavy atom. The summed E-state index contributed by atoms with van der Waals surface area (Å²) >= 11 is 0. The van der Waals surface area contributed by atoms with E-state index >= 15 is 0 Å². The van der Waals surface area contributed by atoms with Gasteiger partial charge in [-0.25, -0.2) is 0 Å². The second-order valence-corrected chi connectivity index (χ2v) is 5.43. The fourth-order valence-corrected chi connectivity index (χ4v) is 2.07. The van der Waals surface area contributed by atoms with Gasteiger partial charge in [-0.15, -0.1) is 0 Å². The molecule has 0 bridgehead atoms. The van der Waals surface area contributed by atoms with Crippen LogP contribution in [0.4, 0.5) is 11.4 Å². The summed E-state index contributed by atoms with van der Waals surface area (Å²) < 4.78 is 5.36. The molecule has 0 aliphatic rings. The molecule has 0 heterocycles. The number of hydrogen-bond donors (Lipinski definition) is 1. The molecule has 0 aliphatic heterocycles. The van der Waals surface area contributed by atoms with E-state index in [1.807, 2.05) is 18.9 Å². The van der Waals surface area contributed by atoms with Gasteiger partial charge in [0.05, 0.1) is 11.5 Å². The summed E-state index contributed by atoms with van der Waals surface area (Å²) in [7, 11) is 1.84. The summed E-state index contributed by atoms with van der Waals surface area (Å²) in [6.07, 6.45) is 0.782. The lowest BCUT2D eigenvalue weighted by atomic mass is 10.0. The van der Waals surface area contributed by atoms with E-state index in [2.05, 4.69) is 13.8 Å². The van der Waals surface area contributed by atoms with Crippen molar-refractivity contribution >= 4 is 11.4 Å². The first-order valence-corrected chi connectivity index (χ1v) is 7.25. The Bertz CT molecular complexity index is 477. The Labute approximate surface area is 126 Å². The maximum absolute atomic E-state index is 11.3. The van der Waals surface area contributed by atoms with Crippen LogP contribution in [-0.4, -0.2) is 31.2 Å². The molecular formula is C15H25N3O3. The van der Waals surface area contributed by atoms with Gasteiger partial charge < -0.3 is 15.4 Å². The molecule has 1 rings (SSSR count). The summed E-state index contributed by atoms with van der Waals surface area (Å²) in [4.78, 5) is 12.8. The fourth-order valence-electron chi connectivity index (χ4n) is 2.07. The molecule has 0 aliphatic carbocycles. The van der Waals surface area contributed by atoms with Crippen LogP contribution >= 0.6 is 0 Å². The quantitative estimate of drug-likeness (QED) is 0.589. The van der Waals surface area contributed by atoms with Gasteiger partial charge in [0.25, 0.3) is 0 Å². The first-order valence-electron chi connectivity index (χ1n) is 7.25. The van der Waals surface area contributed by atoms with Crippen LogP contribution in [0.3, 0.4) is 0 Å². The maximum atomic E-state index is 11.3. The molecule has 1 atom stereocenters. The van der Waals surface area contributed by atoms with Crippen molar-refractivity contribution in [1.82, 2.24) is 0 Å². The standard InChI is InChI=1S/C15H25N3O3/c1-5-21-14-8-6-7-13(15(14)18(19)20)17(4)10-9-12(16)11(2)3/h6-8,11-12H,5,9-10,16H2,1-4H3. The number of hydrogen-bond acceptors (Lipinski definition) is 5. The molecule has 0 saturated carbocycles. The fraction of sp³-hybridized carbons (Fsp3) is 0.600. The van der Waals surface area contributed by atoms with E-state index in [4.69, 9.17) is 10.5 Å². The molecule has 2 N–H and O–H groups in total. The van der Waals surface area contributed by atoms with Crippen molar-refractivity contribution < 1.29 is 9.66 Å². The van der Waals surface area contributed by atoms with Crippen LogP contribution in [0.1, 0.15) is 27.2 Å². The molecule has 0 aromatic heterocycles. The average Bonchev–Trinajstić information content (AvgIpc) is 2.43. The minimum Gasteiger partial charge on any atom is -0.487 e. The number of ether oxygens (including phenoxy) is 1. The van der Waals surface area contributed by atoms with Crippen molar-refractivity contribution in [3.63, 3.8) is 0 Å². The molecule has 1 aromatic rings. The zero-order valence-electron chi connectivity index (χ0n) is 13.2. The Morgan fingerprint density at radius 2 is 2.10 bits per heavy atom. The Balaban J connectivity index is 2.95. The van der Waals surface area contributed by atoms with Gasteiger partial charge in [0.2, 0.25) is 0 Å². The van der Waals surface area contributed by atoms with E-state index in [-0.39, 0.29) is 16.7 Å². The molecule has 0 radical (unpaired) electrons. The molecular weight excluding hydrogens is 270 g/mol. The number of para-hydroxylation sites is 1. The van der Waals surface area contributed by atoms with Crippen molar-refractivity contribution in [2.75, 3.05) is 25.1 Å². The van der Waals surface area contributed by atoms with E-state index < -0.39 is 0 Å². The summed E-state index contributed by atoms with van der Waals surface area (Å²) in [5.41, 5.74) is 6.60. The van der Waals surface area contributed by atoms with Gasteiger partial charge >= 0.3 is 5.69 Å². The van der Waals surface area contributed by atoms with Crippen molar-refractivity contribution in [1.29, 1.82) is 0 Å². The van der Waals surface area contributed by atoms with Crippen LogP contribution < -0.4 is 15.4 Å². The highest BCUT2D eigenvalue weighted by atomic mass is 16.6. The third-order valence-electron chi connectivity index (χ3n) is 3.53. The average molecular weight is 295 g/mol. The Hall–Kier alpha value is -1.82. The predicted molar refractivity (Wildman–Crippen MR) is 85.0 cm³/mol. The summed E-state index contributed by atoms with van der Waals surface area (Å²) in [6, 6.07) is 5.22. The van der Waals surface area contributed by atoms with Crippen molar-refractivity contribution in [2.24, 2.45) is 11.7 Å². The zero-order valence-corrected chi connectivity index (χ0v) is 13.2. The Kier molecular flexibility index (Phi) is 6.42. The third kappa shape index (κ3) is 4.60. The molecule has 1 aromatic carbocycles. The van der Waals surface area contributed by atoms with E-state index in [0.29, 0.717) is 30.5 Å². The highest BCUT2D eigenvalue weighted by Crippen LogP contribution is 2.36. The SMILES string of the molecule is CCOc1cccc(N(C)CCC(N)C(C)C)c1[N+](=O)[O-]. The molecule has 118 valence electrons. The summed E-state index contributed by atoms with van der Waals surface area (Å²) in [6.45, 7) is 7.01. The van der Waals surface area contributed by atoms with Gasteiger partial charge in [0.15, 0.2) is 5.75 Å². The van der Waals surface area contributed by atoms with Gasteiger partial charge in [0, 0.05) is 19.6 Å². The molecule has 0 saturated heterocycles. The maximum Gasteiger partial charge on any atom is 0.333 e. The molecule has 6 heteroatoms. The molecule has 1 unspecified atom stereocenters. The topological polar surface area (TPSA) is 81.6 Å². The van der Waals surface area contributed by atoms with E-state index in [1.54, 1.807) is 18.2 Å². The molecule has 21 heavy (non-hydrogen) atoms. The van der Waals surface area contributed by atoms with Gasteiger partial charge in [0.1, 0.15) is 5.69 Å². The van der Waals surface area contributed by atoms with Crippen LogP contribution in [-0.2, 0) is 0 Å². The number of nitro benzene ring substituents is 1. The van der Waals surface area contributed by atoms with Crippen molar-refractivity contribution in [2.45, 2.75) is 33.2 Å². The van der Waals surface area contributed by atoms with Gasteiger partial charge in [-0.05, 0) is 31.4 Å². The number of benzene rings is 1. The van der Waals surface area contributed by atoms with Crippen LogP contribution in [0.5, 0.6) is 5.75 Å². The van der Waals surface area contributed by atoms with Crippen LogP contribution in [0.2, 0.25) is 0 Å². The predicted octanol–water partition coefficient (Wildman–Crippen LogP) is 2.80. The summed E-state index contributed by atoms with van der Waals surface area (Å²) in [5.74, 6) is 0.697. The minimum atomic E-state index is -0.390. The number of nitrogens with two attached hydrogens (primary N) is 1. The Morgan fingerprint density at radius 1 is 1.43 bits per heavy atom. The van der Waals surface area contributed by atoms with Crippen LogP contribution in [0.25, 0.3) is 0 Å². The van der Waals surface area contributed by atoms with Crippen LogP contribution in [0.15, 0.2) is 18.2 Å². The van der Waals surface area contributed by atoms with Crippen molar-refractivity contribution in [3.05, 3.63) is 28.3 Å². The highest BCUT2D eigenvalue weighted by molar-refractivity contribution is 5.69. The normalized spacial score (nSPS) is 12.3. The first-order chi connectivity index (χ1) is 9.88. The van der Waals surface area contributed by atoms with Crippen molar-refractivity contribution in [3.8, 4) is 5.75 Å². The number of anilines is 1. The van der Waals surface area contributed by atoms with Gasteiger partial charge in [-0.2, -0.15) is 0 Å². The van der Waals surface area contributed by atoms with Gasteiger partial charge in [-0.3, -0.25) is 10.1 Å². The largest absolute Gasteiger partial charge is 0.487 e. The monoisotopic (exact) mass is 295 g/mol. The molecule has 0 amide bonds. The second kappa shape index (κ2) is 7.83. The second-order valence-electron chi connectivity index (χ2n) is 5.43. The van der Waals surface area contributed by atoms with Crippen LogP contribution in [0, 0.1) is 16.0 Å².